The van der Waals surface area contributed by atoms with Crippen LogP contribution in [0.3, 0.4) is 0 Å². The van der Waals surface area contributed by atoms with Crippen molar-refractivity contribution in [1.82, 2.24) is 25.2 Å². The van der Waals surface area contributed by atoms with Crippen LogP contribution in [0.4, 0.5) is 5.82 Å². The Kier molecular flexibility index (Phi) is 6.76. The van der Waals surface area contributed by atoms with Gasteiger partial charge >= 0.3 is 0 Å². The molecule has 2 saturated heterocycles. The fraction of sp³-hybridized carbons (Fsp3) is 0.462. The lowest BCUT2D eigenvalue weighted by molar-refractivity contribution is 0.0904. The van der Waals surface area contributed by atoms with Crippen molar-refractivity contribution in [3.05, 3.63) is 60.0 Å². The van der Waals surface area contributed by atoms with E-state index in [1.54, 1.807) is 12.3 Å². The molecule has 3 aromatic heterocycles. The van der Waals surface area contributed by atoms with E-state index in [-0.39, 0.29) is 11.9 Å². The van der Waals surface area contributed by atoms with Crippen LogP contribution in [0, 0.1) is 0 Å². The summed E-state index contributed by atoms with van der Waals surface area (Å²) in [5.74, 6) is 0.917. The summed E-state index contributed by atoms with van der Waals surface area (Å²) in [4.78, 5) is 31.3. The summed E-state index contributed by atoms with van der Waals surface area (Å²) in [6, 6.07) is 12.0. The van der Waals surface area contributed by atoms with Gasteiger partial charge in [0.05, 0.1) is 11.0 Å². The number of carbonyl (C=O) groups excluding carboxylic acids is 1. The van der Waals surface area contributed by atoms with Gasteiger partial charge in [-0.05, 0) is 61.6 Å². The first-order valence-corrected chi connectivity index (χ1v) is 12.2. The van der Waals surface area contributed by atoms with E-state index in [4.69, 9.17) is 4.98 Å². The Morgan fingerprint density at radius 1 is 0.909 bits per heavy atom. The zero-order chi connectivity index (χ0) is 22.5. The van der Waals surface area contributed by atoms with Crippen LogP contribution in [-0.2, 0) is 6.54 Å². The minimum atomic E-state index is -0.0980. The number of fused-ring (bicyclic) bond motifs is 1. The normalized spacial score (nSPS) is 18.2. The fourth-order valence-electron chi connectivity index (χ4n) is 4.85. The molecule has 5 heterocycles. The molecule has 1 amide bonds. The average Bonchev–Trinajstić information content (AvgIpc) is 3.15. The number of carbonyl (C=O) groups is 1. The summed E-state index contributed by atoms with van der Waals surface area (Å²) in [7, 11) is 0. The van der Waals surface area contributed by atoms with Crippen LogP contribution in [0.15, 0.2) is 48.8 Å². The van der Waals surface area contributed by atoms with Crippen molar-refractivity contribution in [2.75, 3.05) is 31.1 Å². The SMILES string of the molecule is O=C(NC1CCN(Cc2cccnc2)CC1)c1ccc2nc(N3CCCCCC3)ccc2n1. The molecule has 7 nitrogen and oxygen atoms in total. The van der Waals surface area contributed by atoms with Gasteiger partial charge in [0.25, 0.3) is 5.91 Å². The van der Waals surface area contributed by atoms with Crippen LogP contribution in [0.1, 0.15) is 54.6 Å². The minimum absolute atomic E-state index is 0.0980. The molecule has 0 spiro atoms. The smallest absolute Gasteiger partial charge is 0.270 e. The van der Waals surface area contributed by atoms with Crippen LogP contribution in [0.5, 0.6) is 0 Å². The van der Waals surface area contributed by atoms with Crippen LogP contribution < -0.4 is 10.2 Å². The van der Waals surface area contributed by atoms with Crippen molar-refractivity contribution < 1.29 is 4.79 Å². The third-order valence-corrected chi connectivity index (χ3v) is 6.74. The van der Waals surface area contributed by atoms with E-state index in [0.29, 0.717) is 5.69 Å². The third-order valence-electron chi connectivity index (χ3n) is 6.74. The molecule has 7 heteroatoms. The second-order valence-corrected chi connectivity index (χ2v) is 9.19. The van der Waals surface area contributed by atoms with E-state index in [2.05, 4.69) is 31.2 Å². The largest absolute Gasteiger partial charge is 0.357 e. The highest BCUT2D eigenvalue weighted by Crippen LogP contribution is 2.21. The highest BCUT2D eigenvalue weighted by molar-refractivity contribution is 5.94. The van der Waals surface area contributed by atoms with Crippen LogP contribution in [-0.4, -0.2) is 58.0 Å². The maximum absolute atomic E-state index is 12.9. The lowest BCUT2D eigenvalue weighted by Gasteiger charge is -2.32. The number of nitrogens with one attached hydrogen (secondary N) is 1. The first-order valence-electron chi connectivity index (χ1n) is 12.2. The molecule has 172 valence electrons. The Balaban J connectivity index is 1.18. The summed E-state index contributed by atoms with van der Waals surface area (Å²) in [5, 5.41) is 3.19. The monoisotopic (exact) mass is 444 g/mol. The molecule has 1 N–H and O–H groups in total. The molecule has 2 aliphatic heterocycles. The molecular formula is C26H32N6O. The van der Waals surface area contributed by atoms with Crippen molar-refractivity contribution in [2.45, 2.75) is 51.1 Å². The lowest BCUT2D eigenvalue weighted by atomic mass is 10.0. The summed E-state index contributed by atoms with van der Waals surface area (Å²) in [6.45, 7) is 4.97. The Morgan fingerprint density at radius 3 is 2.42 bits per heavy atom. The van der Waals surface area contributed by atoms with Gasteiger partial charge in [0.1, 0.15) is 11.5 Å². The Hall–Kier alpha value is -3.06. The molecule has 0 saturated carbocycles. The number of rotatable bonds is 5. The number of aromatic nitrogens is 3. The Labute approximate surface area is 195 Å². The molecule has 0 aromatic carbocycles. The maximum Gasteiger partial charge on any atom is 0.270 e. The number of anilines is 1. The number of pyridine rings is 3. The summed E-state index contributed by atoms with van der Waals surface area (Å²) in [6.07, 6.45) is 10.7. The number of hydrogen-bond acceptors (Lipinski definition) is 6. The molecule has 5 rings (SSSR count). The molecule has 2 aliphatic rings. The summed E-state index contributed by atoms with van der Waals surface area (Å²) in [5.41, 5.74) is 3.31. The average molecular weight is 445 g/mol. The Bertz CT molecular complexity index is 1070. The first kappa shape index (κ1) is 21.8. The number of amides is 1. The molecule has 33 heavy (non-hydrogen) atoms. The first-order chi connectivity index (χ1) is 16.2. The zero-order valence-corrected chi connectivity index (χ0v) is 19.1. The van der Waals surface area contributed by atoms with Gasteiger partial charge in [-0.25, -0.2) is 9.97 Å². The number of hydrogen-bond donors (Lipinski definition) is 1. The zero-order valence-electron chi connectivity index (χ0n) is 19.1. The molecule has 0 radical (unpaired) electrons. The molecule has 2 fully saturated rings. The molecule has 0 bridgehead atoms. The minimum Gasteiger partial charge on any atom is -0.357 e. The molecule has 0 aliphatic carbocycles. The third kappa shape index (κ3) is 5.47. The highest BCUT2D eigenvalue weighted by Gasteiger charge is 2.22. The van der Waals surface area contributed by atoms with Crippen LogP contribution in [0.25, 0.3) is 11.0 Å². The quantitative estimate of drug-likeness (QED) is 0.645. The molecule has 0 atom stereocenters. The topological polar surface area (TPSA) is 74.2 Å². The standard InChI is InChI=1S/C26H32N6O/c33-26(28-21-11-16-31(17-12-21)19-20-6-5-13-27-18-20)24-8-7-23-22(29-24)9-10-25(30-23)32-14-3-1-2-4-15-32/h5-10,13,18,21H,1-4,11-12,14-17,19H2,(H,28,33). The van der Waals surface area contributed by atoms with E-state index in [1.807, 2.05) is 30.5 Å². The number of nitrogens with zero attached hydrogens (tertiary/aromatic N) is 5. The van der Waals surface area contributed by atoms with Gasteiger partial charge in [-0.15, -0.1) is 0 Å². The molecule has 3 aromatic rings. The van der Waals surface area contributed by atoms with Gasteiger partial charge in [0.2, 0.25) is 0 Å². The van der Waals surface area contributed by atoms with Crippen molar-refractivity contribution in [2.24, 2.45) is 0 Å². The van der Waals surface area contributed by atoms with Gasteiger partial charge in [-0.1, -0.05) is 18.9 Å². The van der Waals surface area contributed by atoms with Crippen LogP contribution in [0.2, 0.25) is 0 Å². The predicted molar refractivity (Wildman–Crippen MR) is 130 cm³/mol. The van der Waals surface area contributed by atoms with E-state index in [0.717, 1.165) is 62.4 Å². The van der Waals surface area contributed by atoms with Crippen LogP contribution >= 0.6 is 0 Å². The predicted octanol–water partition coefficient (Wildman–Crippen LogP) is 3.80. The Morgan fingerprint density at radius 2 is 1.67 bits per heavy atom. The summed E-state index contributed by atoms with van der Waals surface area (Å²) < 4.78 is 0. The fourth-order valence-corrected chi connectivity index (χ4v) is 4.85. The lowest BCUT2D eigenvalue weighted by Crippen LogP contribution is -2.44. The van der Waals surface area contributed by atoms with Crippen molar-refractivity contribution in [3.8, 4) is 0 Å². The second kappa shape index (κ2) is 10.3. The van der Waals surface area contributed by atoms with E-state index in [9.17, 15) is 4.79 Å². The second-order valence-electron chi connectivity index (χ2n) is 9.19. The molecular weight excluding hydrogens is 412 g/mol. The van der Waals surface area contributed by atoms with Crippen molar-refractivity contribution >= 4 is 22.8 Å². The van der Waals surface area contributed by atoms with Gasteiger partial charge in [-0.3, -0.25) is 14.7 Å². The van der Waals surface area contributed by atoms with Gasteiger partial charge in [0, 0.05) is 51.2 Å². The van der Waals surface area contributed by atoms with E-state index in [1.165, 1.54) is 31.2 Å². The molecule has 0 unspecified atom stereocenters. The maximum atomic E-state index is 12.9. The summed E-state index contributed by atoms with van der Waals surface area (Å²) >= 11 is 0. The number of piperidine rings is 1. The van der Waals surface area contributed by atoms with Gasteiger partial charge in [-0.2, -0.15) is 0 Å². The van der Waals surface area contributed by atoms with Gasteiger partial charge in [0.15, 0.2) is 0 Å². The number of likely N-dealkylation sites (tertiary alicyclic amines) is 1. The van der Waals surface area contributed by atoms with E-state index < -0.39 is 0 Å². The van der Waals surface area contributed by atoms with E-state index >= 15 is 0 Å². The van der Waals surface area contributed by atoms with Gasteiger partial charge < -0.3 is 10.2 Å². The highest BCUT2D eigenvalue weighted by atomic mass is 16.1. The van der Waals surface area contributed by atoms with Crippen molar-refractivity contribution in [3.63, 3.8) is 0 Å². The van der Waals surface area contributed by atoms with Crippen molar-refractivity contribution in [1.29, 1.82) is 0 Å².